The molecular formula is C30H40N4O2. The van der Waals surface area contributed by atoms with Gasteiger partial charge in [0.2, 0.25) is 5.91 Å². The van der Waals surface area contributed by atoms with Crippen molar-refractivity contribution < 1.29 is 9.53 Å². The Bertz CT molecular complexity index is 1110. The summed E-state index contributed by atoms with van der Waals surface area (Å²) >= 11 is 0. The first-order valence-electron chi connectivity index (χ1n) is 13.3. The van der Waals surface area contributed by atoms with Crippen molar-refractivity contribution in [3.8, 4) is 11.4 Å². The molecule has 3 aromatic rings. The van der Waals surface area contributed by atoms with Crippen LogP contribution in [0.15, 0.2) is 60.7 Å². The fourth-order valence-corrected chi connectivity index (χ4v) is 4.69. The van der Waals surface area contributed by atoms with Crippen molar-refractivity contribution >= 4 is 5.91 Å². The molecule has 6 nitrogen and oxygen atoms in total. The Morgan fingerprint density at radius 1 is 1.03 bits per heavy atom. The quantitative estimate of drug-likeness (QED) is 0.418. The maximum absolute atomic E-state index is 12.7. The van der Waals surface area contributed by atoms with E-state index in [4.69, 9.17) is 9.84 Å². The normalized spacial score (nSPS) is 14.9. The summed E-state index contributed by atoms with van der Waals surface area (Å²) in [4.78, 5) is 14.9. The van der Waals surface area contributed by atoms with Gasteiger partial charge in [0.25, 0.3) is 0 Å². The Balaban J connectivity index is 1.25. The van der Waals surface area contributed by atoms with Crippen LogP contribution < -0.4 is 10.1 Å². The highest BCUT2D eigenvalue weighted by atomic mass is 16.5. The topological polar surface area (TPSA) is 59.4 Å². The number of para-hydroxylation sites is 1. The Labute approximate surface area is 215 Å². The number of piperidine rings is 1. The molecule has 4 rings (SSSR count). The highest BCUT2D eigenvalue weighted by Crippen LogP contribution is 2.23. The molecule has 0 saturated carbocycles. The number of amides is 1. The maximum Gasteiger partial charge on any atom is 0.234 e. The molecule has 192 valence electrons. The van der Waals surface area contributed by atoms with E-state index in [-0.39, 0.29) is 12.0 Å². The zero-order chi connectivity index (χ0) is 25.5. The lowest BCUT2D eigenvalue weighted by atomic mass is 10.0. The van der Waals surface area contributed by atoms with E-state index in [2.05, 4.69) is 74.3 Å². The van der Waals surface area contributed by atoms with Crippen LogP contribution in [0.25, 0.3) is 5.69 Å². The van der Waals surface area contributed by atoms with Crippen LogP contribution in [-0.4, -0.2) is 46.3 Å². The number of carbonyl (C=O) groups excluding carboxylic acids is 1. The predicted molar refractivity (Wildman–Crippen MR) is 145 cm³/mol. The minimum Gasteiger partial charge on any atom is -0.490 e. The summed E-state index contributed by atoms with van der Waals surface area (Å²) in [6.45, 7) is 11.4. The first kappa shape index (κ1) is 26.0. The standard InChI is InChI=1S/C30H40N4O2/c1-22(2)17-27-19-25(32-34(27)26-10-6-5-7-11-26)20-31-30(35)21-33-15-13-28(14-16-33)36-29-12-8-9-24(18-29)23(3)4/h5-12,18-19,22-23,28H,13-17,20-21H2,1-4H3,(H,31,35). The second-order valence-corrected chi connectivity index (χ2v) is 10.6. The van der Waals surface area contributed by atoms with Gasteiger partial charge in [-0.15, -0.1) is 0 Å². The van der Waals surface area contributed by atoms with Gasteiger partial charge in [-0.05, 0) is 67.0 Å². The molecule has 0 spiro atoms. The van der Waals surface area contributed by atoms with Gasteiger partial charge in [-0.3, -0.25) is 9.69 Å². The number of hydrogen-bond donors (Lipinski definition) is 1. The molecule has 1 saturated heterocycles. The fourth-order valence-electron chi connectivity index (χ4n) is 4.69. The van der Waals surface area contributed by atoms with Crippen molar-refractivity contribution in [2.75, 3.05) is 19.6 Å². The largest absolute Gasteiger partial charge is 0.490 e. The Kier molecular flexibility index (Phi) is 8.81. The Hall–Kier alpha value is -3.12. The van der Waals surface area contributed by atoms with Crippen molar-refractivity contribution in [2.45, 2.75) is 65.5 Å². The van der Waals surface area contributed by atoms with Crippen LogP contribution in [0.1, 0.15) is 63.4 Å². The minimum atomic E-state index is 0.0404. The molecule has 1 fully saturated rings. The van der Waals surface area contributed by atoms with E-state index >= 15 is 0 Å². The molecule has 0 bridgehead atoms. The van der Waals surface area contributed by atoms with Gasteiger partial charge in [0.15, 0.2) is 0 Å². The summed E-state index contributed by atoms with van der Waals surface area (Å²) in [7, 11) is 0. The molecule has 0 unspecified atom stereocenters. The maximum atomic E-state index is 12.7. The highest BCUT2D eigenvalue weighted by molar-refractivity contribution is 5.78. The van der Waals surface area contributed by atoms with Gasteiger partial charge in [0.1, 0.15) is 11.9 Å². The molecule has 1 aliphatic rings. The number of rotatable bonds is 10. The van der Waals surface area contributed by atoms with Gasteiger partial charge >= 0.3 is 0 Å². The predicted octanol–water partition coefficient (Wildman–Crippen LogP) is 5.35. The zero-order valence-corrected chi connectivity index (χ0v) is 22.1. The lowest BCUT2D eigenvalue weighted by Crippen LogP contribution is -2.43. The Morgan fingerprint density at radius 2 is 1.78 bits per heavy atom. The lowest BCUT2D eigenvalue weighted by molar-refractivity contribution is -0.122. The van der Waals surface area contributed by atoms with E-state index in [1.165, 1.54) is 11.3 Å². The minimum absolute atomic E-state index is 0.0404. The zero-order valence-electron chi connectivity index (χ0n) is 22.1. The summed E-state index contributed by atoms with van der Waals surface area (Å²) < 4.78 is 8.25. The number of likely N-dealkylation sites (tertiary alicyclic amines) is 1. The van der Waals surface area contributed by atoms with E-state index in [0.29, 0.717) is 24.9 Å². The number of nitrogens with one attached hydrogen (secondary N) is 1. The van der Waals surface area contributed by atoms with Crippen molar-refractivity contribution in [1.82, 2.24) is 20.0 Å². The molecule has 1 N–H and O–H groups in total. The van der Waals surface area contributed by atoms with Crippen LogP contribution in [0.2, 0.25) is 0 Å². The highest BCUT2D eigenvalue weighted by Gasteiger charge is 2.22. The van der Waals surface area contributed by atoms with Crippen molar-refractivity contribution in [2.24, 2.45) is 5.92 Å². The number of carbonyl (C=O) groups is 1. The summed E-state index contributed by atoms with van der Waals surface area (Å²) in [5, 5.41) is 7.86. The number of benzene rings is 2. The molecule has 0 radical (unpaired) electrons. The van der Waals surface area contributed by atoms with Gasteiger partial charge in [0.05, 0.1) is 24.5 Å². The molecule has 1 amide bonds. The number of hydrogen-bond acceptors (Lipinski definition) is 4. The molecule has 1 aromatic heterocycles. The van der Waals surface area contributed by atoms with Crippen molar-refractivity contribution in [1.29, 1.82) is 0 Å². The smallest absolute Gasteiger partial charge is 0.234 e. The van der Waals surface area contributed by atoms with Gasteiger partial charge < -0.3 is 10.1 Å². The summed E-state index contributed by atoms with van der Waals surface area (Å²) in [5.41, 5.74) is 4.40. The summed E-state index contributed by atoms with van der Waals surface area (Å²) in [5.74, 6) is 2.00. The van der Waals surface area contributed by atoms with Crippen LogP contribution >= 0.6 is 0 Å². The first-order chi connectivity index (χ1) is 17.4. The molecule has 36 heavy (non-hydrogen) atoms. The summed E-state index contributed by atoms with van der Waals surface area (Å²) in [6, 6.07) is 20.7. The van der Waals surface area contributed by atoms with E-state index in [1.54, 1.807) is 0 Å². The first-order valence-corrected chi connectivity index (χ1v) is 13.3. The second-order valence-electron chi connectivity index (χ2n) is 10.6. The van der Waals surface area contributed by atoms with Crippen LogP contribution in [0.3, 0.4) is 0 Å². The molecule has 6 heteroatoms. The molecule has 0 aliphatic carbocycles. The Morgan fingerprint density at radius 3 is 2.47 bits per heavy atom. The average molecular weight is 489 g/mol. The fraction of sp³-hybridized carbons (Fsp3) is 0.467. The third kappa shape index (κ3) is 7.20. The van der Waals surface area contributed by atoms with Crippen molar-refractivity contribution in [3.05, 3.63) is 77.6 Å². The molecular weight excluding hydrogens is 448 g/mol. The van der Waals surface area contributed by atoms with Crippen molar-refractivity contribution in [3.63, 3.8) is 0 Å². The lowest BCUT2D eigenvalue weighted by Gasteiger charge is -2.31. The number of nitrogens with zero attached hydrogens (tertiary/aromatic N) is 3. The number of ether oxygens (including phenoxy) is 1. The second kappa shape index (κ2) is 12.2. The SMILES string of the molecule is CC(C)Cc1cc(CNC(=O)CN2CCC(Oc3cccc(C(C)C)c3)CC2)nn1-c1ccccc1. The monoisotopic (exact) mass is 488 g/mol. The van der Waals surface area contributed by atoms with Crippen LogP contribution in [0.4, 0.5) is 0 Å². The van der Waals surface area contributed by atoms with E-state index in [1.807, 2.05) is 28.9 Å². The van der Waals surface area contributed by atoms with Crippen LogP contribution in [-0.2, 0) is 17.8 Å². The molecule has 1 aliphatic heterocycles. The molecule has 0 atom stereocenters. The van der Waals surface area contributed by atoms with E-state index < -0.39 is 0 Å². The van der Waals surface area contributed by atoms with Crippen LogP contribution in [0.5, 0.6) is 5.75 Å². The number of aromatic nitrogens is 2. The van der Waals surface area contributed by atoms with E-state index in [0.717, 1.165) is 49.5 Å². The molecule has 2 heterocycles. The van der Waals surface area contributed by atoms with E-state index in [9.17, 15) is 4.79 Å². The third-order valence-corrected chi connectivity index (χ3v) is 6.65. The third-order valence-electron chi connectivity index (χ3n) is 6.65. The van der Waals surface area contributed by atoms with Crippen LogP contribution in [0, 0.1) is 5.92 Å². The van der Waals surface area contributed by atoms with Gasteiger partial charge in [-0.25, -0.2) is 4.68 Å². The summed E-state index contributed by atoms with van der Waals surface area (Å²) in [6.07, 6.45) is 3.00. The average Bonchev–Trinajstić information content (AvgIpc) is 3.26. The molecule has 2 aromatic carbocycles. The van der Waals surface area contributed by atoms with Gasteiger partial charge in [-0.1, -0.05) is 58.0 Å². The van der Waals surface area contributed by atoms with Gasteiger partial charge in [-0.2, -0.15) is 5.10 Å². The van der Waals surface area contributed by atoms with Gasteiger partial charge in [0, 0.05) is 18.8 Å².